The molecule has 0 N–H and O–H groups in total. The Morgan fingerprint density at radius 3 is 1.63 bits per heavy atom. The van der Waals surface area contributed by atoms with E-state index in [2.05, 4.69) is 213 Å². The number of para-hydroxylation sites is 2. The second kappa shape index (κ2) is 11.7. The monoisotopic (exact) mass is 770 g/mol. The van der Waals surface area contributed by atoms with E-state index < -0.39 is 0 Å². The van der Waals surface area contributed by atoms with Gasteiger partial charge in [-0.25, -0.2) is 0 Å². The molecule has 13 rings (SSSR count). The minimum Gasteiger partial charge on any atom is -0.311 e. The van der Waals surface area contributed by atoms with Gasteiger partial charge in [-0.3, -0.25) is 0 Å². The fourth-order valence-corrected chi connectivity index (χ4v) is 12.5. The maximum absolute atomic E-state index is 2.59. The van der Waals surface area contributed by atoms with Gasteiger partial charge in [0, 0.05) is 43.3 Å². The van der Waals surface area contributed by atoms with Crippen LogP contribution in [0.15, 0.2) is 182 Å². The Labute approximate surface area is 349 Å². The van der Waals surface area contributed by atoms with Crippen LogP contribution in [0.25, 0.3) is 32.3 Å². The molecule has 59 heavy (non-hydrogen) atoms. The molecule has 9 aromatic rings. The first-order chi connectivity index (χ1) is 28.9. The molecule has 0 amide bonds. The number of thiophene rings is 1. The van der Waals surface area contributed by atoms with Crippen molar-refractivity contribution >= 4 is 78.0 Å². The molecule has 0 saturated carbocycles. The van der Waals surface area contributed by atoms with E-state index in [1.54, 1.807) is 0 Å². The van der Waals surface area contributed by atoms with E-state index >= 15 is 0 Å². The molecule has 2 aliphatic carbocycles. The van der Waals surface area contributed by atoms with Gasteiger partial charge in [0.1, 0.15) is 0 Å². The summed E-state index contributed by atoms with van der Waals surface area (Å²) in [7, 11) is 0. The van der Waals surface area contributed by atoms with E-state index in [1.807, 2.05) is 11.3 Å². The Balaban J connectivity index is 1.14. The highest BCUT2D eigenvalue weighted by atomic mass is 32.1. The third kappa shape index (κ3) is 4.27. The van der Waals surface area contributed by atoms with Crippen molar-refractivity contribution < 1.29 is 0 Å². The molecule has 0 atom stereocenters. The van der Waals surface area contributed by atoms with E-state index in [9.17, 15) is 0 Å². The van der Waals surface area contributed by atoms with Crippen molar-refractivity contribution in [1.82, 2.24) is 0 Å². The van der Waals surface area contributed by atoms with Crippen LogP contribution in [0.4, 0.5) is 34.1 Å². The summed E-state index contributed by atoms with van der Waals surface area (Å²) < 4.78 is 2.73. The van der Waals surface area contributed by atoms with E-state index in [-0.39, 0.29) is 17.5 Å². The lowest BCUT2D eigenvalue weighted by Crippen LogP contribution is -2.60. The normalized spacial score (nSPS) is 14.7. The minimum atomic E-state index is -0.385. The molecule has 0 fully saturated rings. The maximum Gasteiger partial charge on any atom is 0.264 e. The predicted molar refractivity (Wildman–Crippen MR) is 251 cm³/mol. The second-order valence-corrected chi connectivity index (χ2v) is 18.7. The van der Waals surface area contributed by atoms with Crippen LogP contribution in [0.3, 0.4) is 0 Å². The largest absolute Gasteiger partial charge is 0.311 e. The summed E-state index contributed by atoms with van der Waals surface area (Å²) in [4.78, 5) is 5.09. The number of anilines is 6. The van der Waals surface area contributed by atoms with E-state index in [1.165, 1.54) is 110 Å². The highest BCUT2D eigenvalue weighted by Crippen LogP contribution is 2.64. The zero-order valence-electron chi connectivity index (χ0n) is 33.2. The Morgan fingerprint density at radius 1 is 0.475 bits per heavy atom. The molecule has 4 heteroatoms. The molecule has 0 unspecified atom stereocenters. The van der Waals surface area contributed by atoms with E-state index in [0.717, 1.165) is 0 Å². The fourth-order valence-electron chi connectivity index (χ4n) is 11.2. The molecule has 0 saturated heterocycles. The Hall–Kier alpha value is -6.62. The van der Waals surface area contributed by atoms with Crippen molar-refractivity contribution in [3.8, 4) is 22.3 Å². The zero-order chi connectivity index (χ0) is 39.2. The lowest BCUT2D eigenvalue weighted by molar-refractivity contribution is 0.590. The smallest absolute Gasteiger partial charge is 0.264 e. The van der Waals surface area contributed by atoms with Crippen LogP contribution in [0.1, 0.15) is 48.6 Å². The van der Waals surface area contributed by atoms with E-state index in [0.29, 0.717) is 0 Å². The summed E-state index contributed by atoms with van der Waals surface area (Å²) >= 11 is 2.00. The summed E-state index contributed by atoms with van der Waals surface area (Å²) in [5.41, 5.74) is 22.0. The first-order valence-electron chi connectivity index (χ1n) is 20.8. The molecular weight excluding hydrogens is 731 g/mol. The molecule has 1 spiro atoms. The van der Waals surface area contributed by atoms with Crippen LogP contribution in [-0.2, 0) is 10.8 Å². The number of fused-ring (bicyclic) bond motifs is 16. The van der Waals surface area contributed by atoms with Gasteiger partial charge in [-0.2, -0.15) is 0 Å². The number of nitrogens with zero attached hydrogens (tertiary/aromatic N) is 2. The molecule has 3 heterocycles. The summed E-state index contributed by atoms with van der Waals surface area (Å²) in [5, 5.41) is 1.31. The summed E-state index contributed by atoms with van der Waals surface area (Å²) in [5.74, 6) is 0. The van der Waals surface area contributed by atoms with Crippen LogP contribution in [0.2, 0.25) is 0 Å². The Kier molecular flexibility index (Phi) is 6.64. The van der Waals surface area contributed by atoms with Gasteiger partial charge >= 0.3 is 0 Å². The maximum atomic E-state index is 2.59. The van der Waals surface area contributed by atoms with Crippen molar-refractivity contribution in [3.63, 3.8) is 0 Å². The first-order valence-corrected chi connectivity index (χ1v) is 21.6. The number of hydrogen-bond acceptors (Lipinski definition) is 3. The van der Waals surface area contributed by atoms with Gasteiger partial charge in [0.05, 0.1) is 11.1 Å². The molecular formula is C55H39BN2S. The third-order valence-corrected chi connectivity index (χ3v) is 14.8. The summed E-state index contributed by atoms with van der Waals surface area (Å²) in [6, 6.07) is 68.8. The van der Waals surface area contributed by atoms with Crippen LogP contribution in [0, 0.1) is 0 Å². The summed E-state index contributed by atoms with van der Waals surface area (Å²) in [6.45, 7) is 7.04. The lowest BCUT2D eigenvalue weighted by atomic mass is 9.36. The SMILES string of the molecule is CC(C)(C)c1ccc2c(c1)N(c1ccccc1)c1cccc3c1B2c1sc2cc4c(cc2c1N3c1ccccc1)-c1ccccc1C41c2ccccc2-c2ccccc21. The molecule has 278 valence electrons. The molecule has 0 bridgehead atoms. The van der Waals surface area contributed by atoms with Crippen LogP contribution in [0.5, 0.6) is 0 Å². The Morgan fingerprint density at radius 2 is 1.02 bits per heavy atom. The van der Waals surface area contributed by atoms with Gasteiger partial charge in [-0.15, -0.1) is 11.3 Å². The quantitative estimate of drug-likeness (QED) is 0.162. The lowest BCUT2D eigenvalue weighted by Gasteiger charge is -2.43. The molecule has 2 aliphatic heterocycles. The third-order valence-electron chi connectivity index (χ3n) is 13.6. The highest BCUT2D eigenvalue weighted by Gasteiger charge is 2.52. The van der Waals surface area contributed by atoms with E-state index in [4.69, 9.17) is 0 Å². The number of benzene rings is 8. The van der Waals surface area contributed by atoms with Crippen LogP contribution >= 0.6 is 11.3 Å². The van der Waals surface area contributed by atoms with Crippen molar-refractivity contribution in [2.24, 2.45) is 0 Å². The van der Waals surface area contributed by atoms with Crippen LogP contribution < -0.4 is 25.5 Å². The van der Waals surface area contributed by atoms with Gasteiger partial charge in [-0.1, -0.05) is 148 Å². The molecule has 4 aliphatic rings. The average Bonchev–Trinajstić information content (AvgIpc) is 3.89. The van der Waals surface area contributed by atoms with Crippen molar-refractivity contribution in [2.75, 3.05) is 9.80 Å². The number of hydrogen-bond donors (Lipinski definition) is 0. The van der Waals surface area contributed by atoms with Gasteiger partial charge in [-0.05, 0) is 121 Å². The molecule has 2 nitrogen and oxygen atoms in total. The standard InChI is InChI=1S/C55H39BN2S/c1-54(2,3)34-29-30-46-49(31-34)57(35-17-6-4-7-18-35)47-27-16-28-48-51(47)56(46)53-52(58(48)36-19-8-5-9-20-36)41-32-40-39-23-12-15-26-44(39)55(45(40)33-50(41)59-53)42-24-13-10-21-37(42)38-22-11-14-25-43(38)55/h4-33H,1-3H3. The summed E-state index contributed by atoms with van der Waals surface area (Å²) in [6.07, 6.45) is 0. The van der Waals surface area contributed by atoms with Crippen molar-refractivity contribution in [1.29, 1.82) is 0 Å². The van der Waals surface area contributed by atoms with Gasteiger partial charge in [0.25, 0.3) is 6.71 Å². The predicted octanol–water partition coefficient (Wildman–Crippen LogP) is 12.6. The average molecular weight is 771 g/mol. The minimum absolute atomic E-state index is 0.00322. The topological polar surface area (TPSA) is 6.48 Å². The fraction of sp³-hybridized carbons (Fsp3) is 0.0909. The van der Waals surface area contributed by atoms with Crippen molar-refractivity contribution in [2.45, 2.75) is 31.6 Å². The van der Waals surface area contributed by atoms with Gasteiger partial charge in [0.2, 0.25) is 0 Å². The second-order valence-electron chi connectivity index (χ2n) is 17.6. The van der Waals surface area contributed by atoms with Crippen LogP contribution in [-0.4, -0.2) is 6.71 Å². The van der Waals surface area contributed by atoms with Crippen molar-refractivity contribution in [3.05, 3.63) is 210 Å². The highest BCUT2D eigenvalue weighted by molar-refractivity contribution is 7.33. The first kappa shape index (κ1) is 33.4. The zero-order valence-corrected chi connectivity index (χ0v) is 34.0. The van der Waals surface area contributed by atoms with Gasteiger partial charge < -0.3 is 9.80 Å². The number of rotatable bonds is 2. The van der Waals surface area contributed by atoms with Gasteiger partial charge in [0.15, 0.2) is 0 Å². The molecule has 0 radical (unpaired) electrons. The molecule has 8 aromatic carbocycles. The Bertz CT molecular complexity index is 3180. The molecule has 1 aromatic heterocycles.